The molecule has 9 heteroatoms. The lowest BCUT2D eigenvalue weighted by Crippen LogP contribution is -2.04. The molecule has 5 nitrogen and oxygen atoms in total. The highest BCUT2D eigenvalue weighted by Crippen LogP contribution is 2.32. The van der Waals surface area contributed by atoms with Crippen molar-refractivity contribution in [3.05, 3.63) is 66.0 Å². The summed E-state index contributed by atoms with van der Waals surface area (Å²) < 4.78 is 43.5. The number of halogens is 3. The average Bonchev–Trinajstić information content (AvgIpc) is 3.09. The summed E-state index contributed by atoms with van der Waals surface area (Å²) in [6, 6.07) is 13.1. The summed E-state index contributed by atoms with van der Waals surface area (Å²) in [5.41, 5.74) is 2.27. The Balaban J connectivity index is 1.63. The van der Waals surface area contributed by atoms with Crippen molar-refractivity contribution in [2.75, 3.05) is 4.72 Å². The average molecular weight is 429 g/mol. The molecule has 0 fully saturated rings. The van der Waals surface area contributed by atoms with Crippen LogP contribution in [0, 0.1) is 0 Å². The minimum absolute atomic E-state index is 0.513. The van der Waals surface area contributed by atoms with Gasteiger partial charge in [0.05, 0.1) is 5.56 Å². The topological polar surface area (TPSA) is 55.6 Å². The molecule has 0 aliphatic rings. The lowest BCUT2D eigenvalue weighted by molar-refractivity contribution is -0.137. The highest BCUT2D eigenvalue weighted by atomic mass is 32.2. The molecule has 0 saturated heterocycles. The molecule has 1 N–H and O–H groups in total. The van der Waals surface area contributed by atoms with E-state index in [0.717, 1.165) is 23.4 Å². The number of aromatic nitrogens is 4. The lowest BCUT2D eigenvalue weighted by atomic mass is 10.1. The van der Waals surface area contributed by atoms with Crippen LogP contribution in [-0.2, 0) is 19.6 Å². The molecule has 0 aliphatic carbocycles. The summed E-state index contributed by atoms with van der Waals surface area (Å²) >= 11 is 1.41. The van der Waals surface area contributed by atoms with Gasteiger partial charge in [-0.1, -0.05) is 31.2 Å². The number of fused-ring (bicyclic) bond motifs is 1. The highest BCUT2D eigenvalue weighted by molar-refractivity contribution is 8.00. The van der Waals surface area contributed by atoms with Gasteiger partial charge in [-0.15, -0.1) is 0 Å². The smallest absolute Gasteiger partial charge is 0.312 e. The molecule has 0 spiro atoms. The minimum Gasteiger partial charge on any atom is -0.312 e. The van der Waals surface area contributed by atoms with E-state index in [-0.39, 0.29) is 0 Å². The Morgan fingerprint density at radius 3 is 2.33 bits per heavy atom. The second kappa shape index (κ2) is 7.98. The summed E-state index contributed by atoms with van der Waals surface area (Å²) in [5, 5.41) is 0. The number of benzene rings is 2. The molecule has 0 amide bonds. The monoisotopic (exact) mass is 429 g/mol. The van der Waals surface area contributed by atoms with Crippen molar-refractivity contribution in [1.29, 1.82) is 0 Å². The summed E-state index contributed by atoms with van der Waals surface area (Å²) in [6.45, 7) is 2.10. The first-order chi connectivity index (χ1) is 14.4. The van der Waals surface area contributed by atoms with Gasteiger partial charge >= 0.3 is 6.18 Å². The standard InChI is InChI=1S/C21H18F3N5S/c1-3-13-4-10-16(11-5-13)30-28-18-17-20(26-12-25-18)29(2)19(27-17)14-6-8-15(9-7-14)21(22,23)24/h4-12H,3H2,1-2H3,(H,25,26,28). The van der Waals surface area contributed by atoms with Crippen LogP contribution in [0.5, 0.6) is 0 Å². The largest absolute Gasteiger partial charge is 0.416 e. The second-order valence-electron chi connectivity index (χ2n) is 6.67. The Morgan fingerprint density at radius 1 is 1.00 bits per heavy atom. The fourth-order valence-corrected chi connectivity index (χ4v) is 3.68. The highest BCUT2D eigenvalue weighted by Gasteiger charge is 2.30. The third-order valence-electron chi connectivity index (χ3n) is 4.72. The van der Waals surface area contributed by atoms with E-state index in [9.17, 15) is 13.2 Å². The van der Waals surface area contributed by atoms with Crippen molar-refractivity contribution in [1.82, 2.24) is 19.5 Å². The van der Waals surface area contributed by atoms with Gasteiger partial charge in [0.2, 0.25) is 0 Å². The molecule has 0 radical (unpaired) electrons. The van der Waals surface area contributed by atoms with Crippen molar-refractivity contribution in [2.24, 2.45) is 7.05 Å². The quantitative estimate of drug-likeness (QED) is 0.411. The molecule has 0 aliphatic heterocycles. The van der Waals surface area contributed by atoms with Gasteiger partial charge in [-0.3, -0.25) is 0 Å². The van der Waals surface area contributed by atoms with Crippen LogP contribution in [0.4, 0.5) is 19.0 Å². The molecule has 2 aromatic carbocycles. The normalized spacial score (nSPS) is 11.8. The fourth-order valence-electron chi connectivity index (χ4n) is 3.04. The van der Waals surface area contributed by atoms with Crippen LogP contribution in [0.2, 0.25) is 0 Å². The molecular weight excluding hydrogens is 411 g/mol. The van der Waals surface area contributed by atoms with E-state index < -0.39 is 11.7 Å². The molecule has 0 saturated carbocycles. The number of anilines is 1. The first-order valence-corrected chi connectivity index (χ1v) is 10.1. The number of alkyl halides is 3. The summed E-state index contributed by atoms with van der Waals surface area (Å²) in [6.07, 6.45) is -1.96. The van der Waals surface area contributed by atoms with Crippen LogP contribution in [0.25, 0.3) is 22.6 Å². The molecule has 2 aromatic heterocycles. The maximum Gasteiger partial charge on any atom is 0.416 e. The van der Waals surface area contributed by atoms with E-state index in [1.807, 2.05) is 12.1 Å². The van der Waals surface area contributed by atoms with E-state index in [1.165, 1.54) is 36.0 Å². The van der Waals surface area contributed by atoms with Crippen molar-refractivity contribution >= 4 is 28.9 Å². The van der Waals surface area contributed by atoms with Gasteiger partial charge < -0.3 is 9.29 Å². The second-order valence-corrected chi connectivity index (χ2v) is 7.55. The third kappa shape index (κ3) is 3.97. The third-order valence-corrected chi connectivity index (χ3v) is 5.53. The van der Waals surface area contributed by atoms with Crippen molar-refractivity contribution in [2.45, 2.75) is 24.4 Å². The number of rotatable bonds is 5. The predicted octanol–water partition coefficient (Wildman–Crippen LogP) is 5.73. The van der Waals surface area contributed by atoms with Crippen molar-refractivity contribution in [3.63, 3.8) is 0 Å². The summed E-state index contributed by atoms with van der Waals surface area (Å²) in [7, 11) is 1.77. The fraction of sp³-hybridized carbons (Fsp3) is 0.190. The van der Waals surface area contributed by atoms with Crippen LogP contribution >= 0.6 is 11.9 Å². The van der Waals surface area contributed by atoms with Crippen LogP contribution in [0.3, 0.4) is 0 Å². The first kappa shape index (κ1) is 20.2. The number of nitrogens with one attached hydrogen (secondary N) is 1. The maximum atomic E-state index is 12.8. The number of aryl methyl sites for hydroxylation is 2. The van der Waals surface area contributed by atoms with Crippen LogP contribution < -0.4 is 4.72 Å². The molecule has 0 atom stereocenters. The molecule has 4 aromatic rings. The van der Waals surface area contributed by atoms with Gasteiger partial charge in [0, 0.05) is 17.5 Å². The zero-order valence-electron chi connectivity index (χ0n) is 16.2. The van der Waals surface area contributed by atoms with E-state index in [1.54, 1.807) is 11.6 Å². The molecule has 4 rings (SSSR count). The summed E-state index contributed by atoms with van der Waals surface area (Å²) in [4.78, 5) is 14.2. The molecule has 0 unspecified atom stereocenters. The zero-order chi connectivity index (χ0) is 21.3. The van der Waals surface area contributed by atoms with Gasteiger partial charge in [-0.2, -0.15) is 13.2 Å². The first-order valence-electron chi connectivity index (χ1n) is 9.23. The number of imidazole rings is 1. The molecular formula is C21H18F3N5S. The predicted molar refractivity (Wildman–Crippen MR) is 112 cm³/mol. The number of nitrogens with zero attached hydrogens (tertiary/aromatic N) is 4. The molecule has 2 heterocycles. The Labute approximate surface area is 175 Å². The van der Waals surface area contributed by atoms with Crippen molar-refractivity contribution < 1.29 is 13.2 Å². The van der Waals surface area contributed by atoms with Crippen LogP contribution in [0.1, 0.15) is 18.1 Å². The van der Waals surface area contributed by atoms with Gasteiger partial charge in [-0.05, 0) is 48.2 Å². The molecule has 154 valence electrons. The Morgan fingerprint density at radius 2 is 1.70 bits per heavy atom. The Bertz CT molecular complexity index is 1170. The maximum absolute atomic E-state index is 12.8. The van der Waals surface area contributed by atoms with Gasteiger partial charge in [0.25, 0.3) is 0 Å². The van der Waals surface area contributed by atoms with Crippen molar-refractivity contribution in [3.8, 4) is 11.4 Å². The number of hydrogen-bond acceptors (Lipinski definition) is 5. The van der Waals surface area contributed by atoms with Gasteiger partial charge in [0.15, 0.2) is 17.0 Å². The van der Waals surface area contributed by atoms with Crippen LogP contribution in [0.15, 0.2) is 59.8 Å². The lowest BCUT2D eigenvalue weighted by Gasteiger charge is -2.07. The van der Waals surface area contributed by atoms with Gasteiger partial charge in [0.1, 0.15) is 12.2 Å². The Hall–Kier alpha value is -3.07. The van der Waals surface area contributed by atoms with Gasteiger partial charge in [-0.25, -0.2) is 15.0 Å². The Kier molecular flexibility index (Phi) is 5.38. The molecule has 0 bridgehead atoms. The molecule has 30 heavy (non-hydrogen) atoms. The van der Waals surface area contributed by atoms with E-state index in [2.05, 4.69) is 38.7 Å². The number of hydrogen-bond donors (Lipinski definition) is 1. The van der Waals surface area contributed by atoms with E-state index in [0.29, 0.717) is 28.4 Å². The minimum atomic E-state index is -4.37. The zero-order valence-corrected chi connectivity index (χ0v) is 17.1. The van der Waals surface area contributed by atoms with Crippen LogP contribution in [-0.4, -0.2) is 19.5 Å². The van der Waals surface area contributed by atoms with E-state index >= 15 is 0 Å². The van der Waals surface area contributed by atoms with E-state index in [4.69, 9.17) is 0 Å². The SMILES string of the molecule is CCc1ccc(SNc2ncnc3c2nc(-c2ccc(C(F)(F)F)cc2)n3C)cc1. The summed E-state index contributed by atoms with van der Waals surface area (Å²) in [5.74, 6) is 1.05.